The molecule has 3 rings (SSSR count). The summed E-state index contributed by atoms with van der Waals surface area (Å²) >= 11 is 0. The smallest absolute Gasteiger partial charge is 0.456 e. The van der Waals surface area contributed by atoms with E-state index in [1.807, 2.05) is 0 Å². The Bertz CT molecular complexity index is 890. The van der Waals surface area contributed by atoms with E-state index in [9.17, 15) is 10.0 Å². The zero-order valence-electron chi connectivity index (χ0n) is 13.0. The van der Waals surface area contributed by atoms with E-state index in [0.29, 0.717) is 0 Å². The first kappa shape index (κ1) is 5.52. The molecule has 1 aromatic heterocycles. The van der Waals surface area contributed by atoms with E-state index in [1.54, 1.807) is 0 Å². The van der Waals surface area contributed by atoms with Gasteiger partial charge in [0.05, 0.1) is 6.85 Å². The molecule has 0 aliphatic heterocycles. The first-order chi connectivity index (χ1) is 9.82. The number of para-hydroxylation sites is 2. The summed E-state index contributed by atoms with van der Waals surface area (Å²) in [6, 6.07) is 1.20. The fraction of sp³-hybridized carbons (Fsp3) is 0. The molecular weight excluding hydrogens is 203 g/mol. The molecular formula is C12H9BO3. The molecule has 0 atom stereocenters. The van der Waals surface area contributed by atoms with Crippen LogP contribution in [0, 0.1) is 0 Å². The molecule has 0 bridgehead atoms. The van der Waals surface area contributed by atoms with Gasteiger partial charge in [0, 0.05) is 16.2 Å². The number of hydrogen-bond acceptors (Lipinski definition) is 3. The third-order valence-corrected chi connectivity index (χ3v) is 2.35. The Morgan fingerprint density at radius 2 is 1.94 bits per heavy atom. The minimum atomic E-state index is -1.91. The van der Waals surface area contributed by atoms with Crippen molar-refractivity contribution < 1.29 is 21.3 Å². The van der Waals surface area contributed by atoms with Gasteiger partial charge in [-0.05, 0) is 6.04 Å². The summed E-state index contributed by atoms with van der Waals surface area (Å²) in [6.07, 6.45) is 0. The SMILES string of the molecule is [2H]c1cc([2H])c2oc3c(B(O)O)cc([2H])c([2H])c3c2c1[2H]. The fourth-order valence-electron chi connectivity index (χ4n) is 1.63. The largest absolute Gasteiger partial charge is 0.492 e. The highest BCUT2D eigenvalue weighted by atomic mass is 16.4. The van der Waals surface area contributed by atoms with Crippen LogP contribution in [-0.4, -0.2) is 17.2 Å². The zero-order valence-corrected chi connectivity index (χ0v) is 8.03. The van der Waals surface area contributed by atoms with Crippen LogP contribution in [0.1, 0.15) is 6.85 Å². The molecule has 16 heavy (non-hydrogen) atoms. The van der Waals surface area contributed by atoms with Gasteiger partial charge in [0.25, 0.3) is 0 Å². The van der Waals surface area contributed by atoms with Gasteiger partial charge in [-0.1, -0.05) is 36.3 Å². The maximum Gasteiger partial charge on any atom is 0.492 e. The molecule has 0 unspecified atom stereocenters. The van der Waals surface area contributed by atoms with Crippen LogP contribution in [0.2, 0.25) is 0 Å². The van der Waals surface area contributed by atoms with Crippen molar-refractivity contribution in [2.24, 2.45) is 0 Å². The molecule has 0 radical (unpaired) electrons. The lowest BCUT2D eigenvalue weighted by molar-refractivity contribution is 0.425. The van der Waals surface area contributed by atoms with Gasteiger partial charge < -0.3 is 14.5 Å². The van der Waals surface area contributed by atoms with Gasteiger partial charge in [-0.2, -0.15) is 0 Å². The van der Waals surface area contributed by atoms with Gasteiger partial charge in [0.15, 0.2) is 0 Å². The second kappa shape index (κ2) is 3.37. The Morgan fingerprint density at radius 1 is 1.12 bits per heavy atom. The predicted molar refractivity (Wildman–Crippen MR) is 63.5 cm³/mol. The number of furan rings is 1. The van der Waals surface area contributed by atoms with Crippen LogP contribution in [0.25, 0.3) is 21.9 Å². The summed E-state index contributed by atoms with van der Waals surface area (Å²) < 4.78 is 44.5. The first-order valence-corrected chi connectivity index (χ1v) is 4.62. The summed E-state index contributed by atoms with van der Waals surface area (Å²) in [4.78, 5) is 0. The van der Waals surface area contributed by atoms with Crippen LogP contribution in [0.15, 0.2) is 46.8 Å². The number of benzene rings is 2. The van der Waals surface area contributed by atoms with E-state index in [4.69, 9.17) is 11.3 Å². The number of fused-ring (bicyclic) bond motifs is 3. The second-order valence-electron chi connectivity index (χ2n) is 3.31. The second-order valence-corrected chi connectivity index (χ2v) is 3.31. The molecule has 1 heterocycles. The van der Waals surface area contributed by atoms with Crippen molar-refractivity contribution in [3.8, 4) is 0 Å². The highest BCUT2D eigenvalue weighted by molar-refractivity contribution is 6.61. The van der Waals surface area contributed by atoms with E-state index in [2.05, 4.69) is 0 Å². The molecule has 0 spiro atoms. The third-order valence-electron chi connectivity index (χ3n) is 2.35. The Labute approximate surface area is 99.1 Å². The standard InChI is InChI=1S/C12H9BO3/c14-13(15)10-6-3-5-9-8-4-1-2-7-11(8)16-12(9)10/h1-7,14-15H/i1D,3D,4D,5D,7D. The minimum Gasteiger partial charge on any atom is -0.456 e. The van der Waals surface area contributed by atoms with E-state index in [-0.39, 0.29) is 57.6 Å². The van der Waals surface area contributed by atoms with Crippen molar-refractivity contribution in [3.05, 3.63) is 42.3 Å². The third kappa shape index (κ3) is 1.24. The lowest BCUT2D eigenvalue weighted by atomic mass is 9.79. The van der Waals surface area contributed by atoms with Crippen molar-refractivity contribution >= 4 is 34.5 Å². The topological polar surface area (TPSA) is 53.6 Å². The van der Waals surface area contributed by atoms with Gasteiger partial charge in [0.2, 0.25) is 0 Å². The lowest BCUT2D eigenvalue weighted by Crippen LogP contribution is -2.29. The average Bonchev–Trinajstić information content (AvgIpc) is 2.81. The highest BCUT2D eigenvalue weighted by Crippen LogP contribution is 2.26. The van der Waals surface area contributed by atoms with Crippen LogP contribution < -0.4 is 5.46 Å². The molecule has 0 aliphatic rings. The summed E-state index contributed by atoms with van der Waals surface area (Å²) in [5.74, 6) is 0. The van der Waals surface area contributed by atoms with Crippen LogP contribution >= 0.6 is 0 Å². The Kier molecular flexibility index (Phi) is 1.16. The van der Waals surface area contributed by atoms with Crippen molar-refractivity contribution in [1.29, 1.82) is 0 Å². The summed E-state index contributed by atoms with van der Waals surface area (Å²) in [5, 5.41) is 18.9. The van der Waals surface area contributed by atoms with Crippen molar-refractivity contribution in [1.82, 2.24) is 0 Å². The van der Waals surface area contributed by atoms with Crippen LogP contribution in [-0.2, 0) is 0 Å². The molecule has 0 aliphatic carbocycles. The van der Waals surface area contributed by atoms with E-state index in [0.717, 1.165) is 12.1 Å². The van der Waals surface area contributed by atoms with Crippen molar-refractivity contribution in [2.45, 2.75) is 0 Å². The maximum atomic E-state index is 9.38. The highest BCUT2D eigenvalue weighted by Gasteiger charge is 2.18. The quantitative estimate of drug-likeness (QED) is 0.603. The molecule has 2 N–H and O–H groups in total. The molecule has 2 aromatic carbocycles. The molecule has 0 saturated heterocycles. The lowest BCUT2D eigenvalue weighted by Gasteiger charge is -1.98. The Balaban J connectivity index is 2.66. The number of rotatable bonds is 1. The summed E-state index contributed by atoms with van der Waals surface area (Å²) in [6.45, 7) is 0. The van der Waals surface area contributed by atoms with Crippen LogP contribution in [0.5, 0.6) is 0 Å². The molecule has 3 nitrogen and oxygen atoms in total. The normalized spacial score (nSPS) is 15.5. The molecule has 78 valence electrons. The van der Waals surface area contributed by atoms with Crippen molar-refractivity contribution in [3.63, 3.8) is 0 Å². The van der Waals surface area contributed by atoms with Crippen LogP contribution in [0.4, 0.5) is 0 Å². The minimum absolute atomic E-state index is 0.00741. The van der Waals surface area contributed by atoms with Crippen molar-refractivity contribution in [2.75, 3.05) is 0 Å². The summed E-state index contributed by atoms with van der Waals surface area (Å²) in [7, 11) is -1.91. The van der Waals surface area contributed by atoms with E-state index < -0.39 is 7.12 Å². The molecule has 4 heteroatoms. The Morgan fingerprint density at radius 3 is 2.75 bits per heavy atom. The van der Waals surface area contributed by atoms with Gasteiger partial charge in [0.1, 0.15) is 11.2 Å². The molecule has 0 saturated carbocycles. The summed E-state index contributed by atoms with van der Waals surface area (Å²) in [5.41, 5.74) is -0.159. The zero-order chi connectivity index (χ0) is 15.5. The molecule has 3 aromatic rings. The predicted octanol–water partition coefficient (Wildman–Crippen LogP) is 1.27. The monoisotopic (exact) mass is 217 g/mol. The van der Waals surface area contributed by atoms with Gasteiger partial charge in [-0.15, -0.1) is 0 Å². The van der Waals surface area contributed by atoms with Gasteiger partial charge >= 0.3 is 7.12 Å². The molecule has 0 fully saturated rings. The van der Waals surface area contributed by atoms with E-state index >= 15 is 0 Å². The van der Waals surface area contributed by atoms with Gasteiger partial charge in [-0.3, -0.25) is 0 Å². The Hall–Kier alpha value is -1.78. The van der Waals surface area contributed by atoms with Gasteiger partial charge in [-0.25, -0.2) is 0 Å². The van der Waals surface area contributed by atoms with Crippen LogP contribution in [0.3, 0.4) is 0 Å². The van der Waals surface area contributed by atoms with E-state index in [1.165, 1.54) is 0 Å². The fourth-order valence-corrected chi connectivity index (χ4v) is 1.63. The average molecular weight is 217 g/mol. The maximum absolute atomic E-state index is 9.38. The molecule has 0 amide bonds. The first-order valence-electron chi connectivity index (χ1n) is 7.12. The number of hydrogen-bond donors (Lipinski definition) is 2.